The van der Waals surface area contributed by atoms with Crippen LogP contribution in [0.3, 0.4) is 0 Å². The summed E-state index contributed by atoms with van der Waals surface area (Å²) in [5, 5.41) is 8.86. The number of carbonyl (C=O) groups is 1. The molecule has 20 heavy (non-hydrogen) atoms. The molecule has 0 saturated heterocycles. The quantitative estimate of drug-likeness (QED) is 0.883. The molecule has 1 aromatic carbocycles. The Balaban J connectivity index is 1.87. The summed E-state index contributed by atoms with van der Waals surface area (Å²) in [6.07, 6.45) is 2.20. The number of benzene rings is 1. The van der Waals surface area contributed by atoms with E-state index in [-0.39, 0.29) is 11.8 Å². The second kappa shape index (κ2) is 4.66. The summed E-state index contributed by atoms with van der Waals surface area (Å²) >= 11 is 0. The van der Waals surface area contributed by atoms with E-state index in [1.54, 1.807) is 0 Å². The first-order valence-electron chi connectivity index (χ1n) is 6.87. The number of aryl methyl sites for hydroxylation is 1. The van der Waals surface area contributed by atoms with Gasteiger partial charge in [0.15, 0.2) is 11.5 Å². The van der Waals surface area contributed by atoms with Gasteiger partial charge in [-0.2, -0.15) is 0 Å². The van der Waals surface area contributed by atoms with Gasteiger partial charge in [-0.1, -0.05) is 0 Å². The van der Waals surface area contributed by atoms with E-state index in [1.807, 2.05) is 19.1 Å². The number of aliphatic carboxylic acids is 1. The smallest absolute Gasteiger partial charge is 0.305 e. The molecule has 108 valence electrons. The Morgan fingerprint density at radius 2 is 1.95 bits per heavy atom. The van der Waals surface area contributed by atoms with Crippen LogP contribution in [-0.2, 0) is 4.79 Å². The van der Waals surface area contributed by atoms with Gasteiger partial charge in [0, 0.05) is 11.5 Å². The number of carboxylic acids is 1. The number of carboxylic acid groups (broad SMARTS) is 1. The van der Waals surface area contributed by atoms with Gasteiger partial charge in [-0.05, 0) is 43.0 Å². The average molecular weight is 277 g/mol. The number of nitrogens with two attached hydrogens (primary N) is 1. The predicted molar refractivity (Wildman–Crippen MR) is 73.0 cm³/mol. The molecule has 5 nitrogen and oxygen atoms in total. The first kappa shape index (κ1) is 13.2. The van der Waals surface area contributed by atoms with E-state index in [0.29, 0.717) is 19.0 Å². The van der Waals surface area contributed by atoms with Crippen molar-refractivity contribution in [2.75, 3.05) is 13.2 Å². The van der Waals surface area contributed by atoms with Gasteiger partial charge in [0.1, 0.15) is 0 Å². The second-order valence-electron chi connectivity index (χ2n) is 5.94. The summed E-state index contributed by atoms with van der Waals surface area (Å²) in [7, 11) is 0. The fourth-order valence-corrected chi connectivity index (χ4v) is 2.57. The first-order valence-corrected chi connectivity index (χ1v) is 6.87. The van der Waals surface area contributed by atoms with Crippen LogP contribution in [0.15, 0.2) is 12.1 Å². The highest BCUT2D eigenvalue weighted by molar-refractivity contribution is 5.68. The lowest BCUT2D eigenvalue weighted by atomic mass is 9.98. The molecule has 0 bridgehead atoms. The lowest BCUT2D eigenvalue weighted by molar-refractivity contribution is -0.137. The van der Waals surface area contributed by atoms with E-state index >= 15 is 0 Å². The molecule has 2 aliphatic rings. The fraction of sp³-hybridized carbons (Fsp3) is 0.533. The topological polar surface area (TPSA) is 81.8 Å². The molecule has 1 spiro atoms. The van der Waals surface area contributed by atoms with Crippen LogP contribution in [0, 0.1) is 12.3 Å². The van der Waals surface area contributed by atoms with Gasteiger partial charge in [-0.3, -0.25) is 4.79 Å². The Bertz CT molecular complexity index is 551. The summed E-state index contributed by atoms with van der Waals surface area (Å²) < 4.78 is 11.7. The molecule has 1 aliphatic heterocycles. The van der Waals surface area contributed by atoms with Gasteiger partial charge in [-0.15, -0.1) is 0 Å². The molecule has 5 heteroatoms. The maximum atomic E-state index is 10.8. The molecule has 1 atom stereocenters. The Labute approximate surface area is 117 Å². The van der Waals surface area contributed by atoms with Crippen LogP contribution in [0.4, 0.5) is 0 Å². The molecular formula is C15H19NO4. The fourth-order valence-electron chi connectivity index (χ4n) is 2.57. The maximum absolute atomic E-state index is 10.8. The molecule has 0 aromatic heterocycles. The van der Waals surface area contributed by atoms with E-state index in [0.717, 1.165) is 29.7 Å². The molecule has 1 aromatic rings. The lowest BCUT2D eigenvalue weighted by Crippen LogP contribution is -2.17. The van der Waals surface area contributed by atoms with Gasteiger partial charge in [0.2, 0.25) is 0 Å². The van der Waals surface area contributed by atoms with E-state index in [2.05, 4.69) is 0 Å². The molecule has 1 saturated carbocycles. The van der Waals surface area contributed by atoms with E-state index < -0.39 is 12.0 Å². The largest absolute Gasteiger partial charge is 0.489 e. The molecule has 0 amide bonds. The minimum atomic E-state index is -0.902. The van der Waals surface area contributed by atoms with Crippen molar-refractivity contribution in [3.05, 3.63) is 23.3 Å². The molecule has 0 radical (unpaired) electrons. The van der Waals surface area contributed by atoms with E-state index in [1.165, 1.54) is 0 Å². The Hall–Kier alpha value is -1.75. The average Bonchev–Trinajstić information content (AvgIpc) is 3.16. The van der Waals surface area contributed by atoms with Crippen molar-refractivity contribution in [1.29, 1.82) is 0 Å². The standard InChI is InChI=1S/C15H19NO4/c1-9-4-12-13(5-10(9)11(16)6-14(17)18)20-8-15(2-3-15)7-19-12/h4-5,11H,2-3,6-8,16H2,1H3,(H,17,18). The van der Waals surface area contributed by atoms with Crippen molar-refractivity contribution in [3.63, 3.8) is 0 Å². The van der Waals surface area contributed by atoms with Crippen LogP contribution in [0.2, 0.25) is 0 Å². The third kappa shape index (κ3) is 2.45. The van der Waals surface area contributed by atoms with Crippen LogP contribution in [0.1, 0.15) is 36.4 Å². The Morgan fingerprint density at radius 3 is 2.50 bits per heavy atom. The number of rotatable bonds is 3. The maximum Gasteiger partial charge on any atom is 0.305 e. The molecular weight excluding hydrogens is 258 g/mol. The summed E-state index contributed by atoms with van der Waals surface area (Å²) in [5.41, 5.74) is 7.89. The zero-order valence-electron chi connectivity index (χ0n) is 11.5. The van der Waals surface area contributed by atoms with Crippen LogP contribution in [0.5, 0.6) is 11.5 Å². The molecule has 3 rings (SSSR count). The zero-order chi connectivity index (χ0) is 14.3. The van der Waals surface area contributed by atoms with Crippen LogP contribution < -0.4 is 15.2 Å². The molecule has 1 heterocycles. The second-order valence-corrected chi connectivity index (χ2v) is 5.94. The highest BCUT2D eigenvalue weighted by Gasteiger charge is 2.46. The van der Waals surface area contributed by atoms with Crippen molar-refractivity contribution in [3.8, 4) is 11.5 Å². The van der Waals surface area contributed by atoms with Crippen LogP contribution >= 0.6 is 0 Å². The molecule has 1 fully saturated rings. The van der Waals surface area contributed by atoms with Crippen molar-refractivity contribution in [2.45, 2.75) is 32.2 Å². The Morgan fingerprint density at radius 1 is 1.35 bits per heavy atom. The number of fused-ring (bicyclic) bond motifs is 1. The molecule has 3 N–H and O–H groups in total. The van der Waals surface area contributed by atoms with Gasteiger partial charge in [0.25, 0.3) is 0 Å². The van der Waals surface area contributed by atoms with Gasteiger partial charge in [0.05, 0.1) is 19.6 Å². The summed E-state index contributed by atoms with van der Waals surface area (Å²) in [6, 6.07) is 3.20. The molecule has 1 unspecified atom stereocenters. The number of hydrogen-bond acceptors (Lipinski definition) is 4. The van der Waals surface area contributed by atoms with Gasteiger partial charge >= 0.3 is 5.97 Å². The minimum absolute atomic E-state index is 0.0928. The van der Waals surface area contributed by atoms with E-state index in [4.69, 9.17) is 20.3 Å². The minimum Gasteiger partial charge on any atom is -0.489 e. The van der Waals surface area contributed by atoms with Crippen molar-refractivity contribution in [2.24, 2.45) is 11.1 Å². The third-order valence-electron chi connectivity index (χ3n) is 4.15. The highest BCUT2D eigenvalue weighted by atomic mass is 16.5. The van der Waals surface area contributed by atoms with E-state index in [9.17, 15) is 4.79 Å². The van der Waals surface area contributed by atoms with Crippen molar-refractivity contribution >= 4 is 5.97 Å². The lowest BCUT2D eigenvalue weighted by Gasteiger charge is -2.16. The van der Waals surface area contributed by atoms with Crippen molar-refractivity contribution < 1.29 is 19.4 Å². The van der Waals surface area contributed by atoms with Crippen molar-refractivity contribution in [1.82, 2.24) is 0 Å². The zero-order valence-corrected chi connectivity index (χ0v) is 11.5. The van der Waals surface area contributed by atoms with Crippen LogP contribution in [0.25, 0.3) is 0 Å². The van der Waals surface area contributed by atoms with Gasteiger partial charge < -0.3 is 20.3 Å². The number of hydrogen-bond donors (Lipinski definition) is 2. The summed E-state index contributed by atoms with van der Waals surface area (Å²) in [6.45, 7) is 3.27. The Kier molecular flexibility index (Phi) is 3.09. The summed E-state index contributed by atoms with van der Waals surface area (Å²) in [5.74, 6) is 0.508. The third-order valence-corrected chi connectivity index (χ3v) is 4.15. The van der Waals surface area contributed by atoms with Crippen LogP contribution in [-0.4, -0.2) is 24.3 Å². The predicted octanol–water partition coefficient (Wildman–Crippen LogP) is 2.02. The molecule has 1 aliphatic carbocycles. The first-order chi connectivity index (χ1) is 9.49. The number of ether oxygens (including phenoxy) is 2. The SMILES string of the molecule is Cc1cc2c(cc1C(N)CC(=O)O)OCC1(CC1)CO2. The monoisotopic (exact) mass is 277 g/mol. The van der Waals surface area contributed by atoms with Gasteiger partial charge in [-0.25, -0.2) is 0 Å². The summed E-state index contributed by atoms with van der Waals surface area (Å²) in [4.78, 5) is 10.8. The highest BCUT2D eigenvalue weighted by Crippen LogP contribution is 2.49. The normalized spacial score (nSPS) is 20.3.